The minimum Gasteiger partial charge on any atom is -0.343 e. The molecule has 4 heteroatoms. The molecule has 1 aromatic rings. The molecule has 1 amide bonds. The molecule has 1 fully saturated rings. The maximum atomic E-state index is 11.9. The zero-order chi connectivity index (χ0) is 13.0. The molecule has 0 aliphatic carbocycles. The van der Waals surface area contributed by atoms with Gasteiger partial charge < -0.3 is 9.47 Å². The Morgan fingerprint density at radius 3 is 2.67 bits per heavy atom. The highest BCUT2D eigenvalue weighted by Gasteiger charge is 2.23. The third-order valence-electron chi connectivity index (χ3n) is 3.58. The molecule has 0 bridgehead atoms. The minimum atomic E-state index is 0.325. The third kappa shape index (κ3) is 3.59. The Kier molecular flexibility index (Phi) is 4.39. The van der Waals surface area contributed by atoms with Crippen LogP contribution in [-0.4, -0.2) is 33.4 Å². The number of carbonyl (C=O) groups is 1. The fourth-order valence-corrected chi connectivity index (χ4v) is 2.54. The van der Waals surface area contributed by atoms with Crippen molar-refractivity contribution in [2.75, 3.05) is 13.1 Å². The number of rotatable bonds is 4. The van der Waals surface area contributed by atoms with Crippen molar-refractivity contribution in [3.63, 3.8) is 0 Å². The summed E-state index contributed by atoms with van der Waals surface area (Å²) in [5.74, 6) is 1.47. The van der Waals surface area contributed by atoms with E-state index in [1.165, 1.54) is 0 Å². The Morgan fingerprint density at radius 1 is 1.39 bits per heavy atom. The number of imidazole rings is 1. The van der Waals surface area contributed by atoms with Gasteiger partial charge in [0.05, 0.1) is 6.33 Å². The van der Waals surface area contributed by atoms with Gasteiger partial charge in [0.2, 0.25) is 5.91 Å². The van der Waals surface area contributed by atoms with E-state index in [0.717, 1.165) is 32.5 Å². The van der Waals surface area contributed by atoms with E-state index in [-0.39, 0.29) is 0 Å². The molecule has 0 saturated carbocycles. The van der Waals surface area contributed by atoms with Gasteiger partial charge in [-0.05, 0) is 24.7 Å². The lowest BCUT2D eigenvalue weighted by atomic mass is 9.96. The Balaban J connectivity index is 1.76. The highest BCUT2D eigenvalue weighted by atomic mass is 16.2. The van der Waals surface area contributed by atoms with E-state index in [9.17, 15) is 4.79 Å². The molecule has 0 radical (unpaired) electrons. The van der Waals surface area contributed by atoms with Gasteiger partial charge >= 0.3 is 0 Å². The van der Waals surface area contributed by atoms with Gasteiger partial charge in [0.1, 0.15) is 0 Å². The standard InChI is InChI=1S/C14H23N3O/c1-12(2)9-14(18)17-6-3-13(4-7-17)10-16-8-5-15-11-16/h5,8,11-13H,3-4,6-7,9-10H2,1-2H3. The second-order valence-electron chi connectivity index (χ2n) is 5.68. The molecule has 1 aliphatic heterocycles. The highest BCUT2D eigenvalue weighted by Crippen LogP contribution is 2.20. The molecule has 2 rings (SSSR count). The van der Waals surface area contributed by atoms with Crippen molar-refractivity contribution in [3.8, 4) is 0 Å². The van der Waals surface area contributed by atoms with Crippen LogP contribution < -0.4 is 0 Å². The summed E-state index contributed by atoms with van der Waals surface area (Å²) in [7, 11) is 0. The predicted octanol–water partition coefficient (Wildman–Crippen LogP) is 2.17. The maximum Gasteiger partial charge on any atom is 0.222 e. The third-order valence-corrected chi connectivity index (χ3v) is 3.58. The van der Waals surface area contributed by atoms with Crippen molar-refractivity contribution in [2.24, 2.45) is 11.8 Å². The molecule has 1 aliphatic rings. The van der Waals surface area contributed by atoms with Crippen LogP contribution >= 0.6 is 0 Å². The topological polar surface area (TPSA) is 38.1 Å². The lowest BCUT2D eigenvalue weighted by Gasteiger charge is -2.32. The number of nitrogens with zero attached hydrogens (tertiary/aromatic N) is 3. The molecule has 0 N–H and O–H groups in total. The first-order chi connectivity index (χ1) is 8.65. The first-order valence-corrected chi connectivity index (χ1v) is 6.88. The Bertz CT molecular complexity index is 364. The normalized spacial score (nSPS) is 17.4. The summed E-state index contributed by atoms with van der Waals surface area (Å²) in [6.45, 7) is 7.08. The van der Waals surface area contributed by atoms with Crippen molar-refractivity contribution in [3.05, 3.63) is 18.7 Å². The van der Waals surface area contributed by atoms with E-state index in [2.05, 4.69) is 23.4 Å². The fraction of sp³-hybridized carbons (Fsp3) is 0.714. The van der Waals surface area contributed by atoms with Crippen LogP contribution in [0.3, 0.4) is 0 Å². The SMILES string of the molecule is CC(C)CC(=O)N1CCC(Cn2ccnc2)CC1. The van der Waals surface area contributed by atoms with Crippen LogP contribution in [0.2, 0.25) is 0 Å². The van der Waals surface area contributed by atoms with Crippen LogP contribution in [0.5, 0.6) is 0 Å². The molecule has 0 spiro atoms. The molecular weight excluding hydrogens is 226 g/mol. The lowest BCUT2D eigenvalue weighted by molar-refractivity contribution is -0.133. The van der Waals surface area contributed by atoms with Gasteiger partial charge in [0, 0.05) is 38.4 Å². The summed E-state index contributed by atoms with van der Waals surface area (Å²) in [5, 5.41) is 0. The number of hydrogen-bond donors (Lipinski definition) is 0. The summed E-state index contributed by atoms with van der Waals surface area (Å²) in [4.78, 5) is 18.0. The molecule has 4 nitrogen and oxygen atoms in total. The molecule has 100 valence electrons. The van der Waals surface area contributed by atoms with Crippen LogP contribution in [-0.2, 0) is 11.3 Å². The van der Waals surface area contributed by atoms with Gasteiger partial charge in [0.15, 0.2) is 0 Å². The van der Waals surface area contributed by atoms with Gasteiger partial charge in [-0.2, -0.15) is 0 Å². The summed E-state index contributed by atoms with van der Waals surface area (Å²) >= 11 is 0. The molecule has 2 heterocycles. The number of aromatic nitrogens is 2. The minimum absolute atomic E-state index is 0.325. The van der Waals surface area contributed by atoms with Crippen molar-refractivity contribution >= 4 is 5.91 Å². The lowest BCUT2D eigenvalue weighted by Crippen LogP contribution is -2.39. The van der Waals surface area contributed by atoms with Gasteiger partial charge in [0.25, 0.3) is 0 Å². The molecule has 0 aromatic carbocycles. The van der Waals surface area contributed by atoms with Gasteiger partial charge in [-0.15, -0.1) is 0 Å². The number of carbonyl (C=O) groups excluding carboxylic acids is 1. The van der Waals surface area contributed by atoms with E-state index in [4.69, 9.17) is 0 Å². The predicted molar refractivity (Wildman–Crippen MR) is 71.0 cm³/mol. The van der Waals surface area contributed by atoms with Crippen LogP contribution in [0.1, 0.15) is 33.1 Å². The zero-order valence-corrected chi connectivity index (χ0v) is 11.4. The van der Waals surface area contributed by atoms with Crippen molar-refractivity contribution in [2.45, 2.75) is 39.7 Å². The van der Waals surface area contributed by atoms with Crippen molar-refractivity contribution in [1.82, 2.24) is 14.5 Å². The van der Waals surface area contributed by atoms with Crippen molar-refractivity contribution < 1.29 is 4.79 Å². The Morgan fingerprint density at radius 2 is 2.11 bits per heavy atom. The fourth-order valence-electron chi connectivity index (χ4n) is 2.54. The zero-order valence-electron chi connectivity index (χ0n) is 11.4. The second-order valence-corrected chi connectivity index (χ2v) is 5.68. The monoisotopic (exact) mass is 249 g/mol. The summed E-state index contributed by atoms with van der Waals surface area (Å²) in [6.07, 6.45) is 8.62. The first-order valence-electron chi connectivity index (χ1n) is 6.88. The van der Waals surface area contributed by atoms with E-state index < -0.39 is 0 Å². The largest absolute Gasteiger partial charge is 0.343 e. The molecular formula is C14H23N3O. The molecule has 1 aromatic heterocycles. The highest BCUT2D eigenvalue weighted by molar-refractivity contribution is 5.76. The van der Waals surface area contributed by atoms with Gasteiger partial charge in [-0.1, -0.05) is 13.8 Å². The van der Waals surface area contributed by atoms with Crippen LogP contribution in [0, 0.1) is 11.8 Å². The van der Waals surface area contributed by atoms with Gasteiger partial charge in [-0.25, -0.2) is 4.98 Å². The quantitative estimate of drug-likeness (QED) is 0.820. The van der Waals surface area contributed by atoms with Crippen LogP contribution in [0.15, 0.2) is 18.7 Å². The van der Waals surface area contributed by atoms with Gasteiger partial charge in [-0.3, -0.25) is 4.79 Å². The summed E-state index contributed by atoms with van der Waals surface area (Å²) < 4.78 is 2.14. The molecule has 1 saturated heterocycles. The van der Waals surface area contributed by atoms with Crippen LogP contribution in [0.4, 0.5) is 0 Å². The average molecular weight is 249 g/mol. The molecule has 0 atom stereocenters. The number of hydrogen-bond acceptors (Lipinski definition) is 2. The molecule has 18 heavy (non-hydrogen) atoms. The van der Waals surface area contributed by atoms with Crippen LogP contribution in [0.25, 0.3) is 0 Å². The average Bonchev–Trinajstić information content (AvgIpc) is 2.82. The van der Waals surface area contributed by atoms with E-state index in [1.54, 1.807) is 0 Å². The van der Waals surface area contributed by atoms with Crippen molar-refractivity contribution in [1.29, 1.82) is 0 Å². The molecule has 0 unspecified atom stereocenters. The van der Waals surface area contributed by atoms with E-state index >= 15 is 0 Å². The second kappa shape index (κ2) is 6.03. The number of likely N-dealkylation sites (tertiary alicyclic amines) is 1. The summed E-state index contributed by atoms with van der Waals surface area (Å²) in [5.41, 5.74) is 0. The Labute approximate surface area is 109 Å². The summed E-state index contributed by atoms with van der Waals surface area (Å²) in [6, 6.07) is 0. The smallest absolute Gasteiger partial charge is 0.222 e. The first kappa shape index (κ1) is 13.1. The van der Waals surface area contributed by atoms with E-state index in [1.807, 2.05) is 23.6 Å². The number of amides is 1. The number of piperidine rings is 1. The Hall–Kier alpha value is -1.32. The van der Waals surface area contributed by atoms with E-state index in [0.29, 0.717) is 24.2 Å². The maximum absolute atomic E-state index is 11.9.